The van der Waals surface area contributed by atoms with Crippen molar-refractivity contribution in [3.05, 3.63) is 52.8 Å². The Labute approximate surface area is 188 Å². The van der Waals surface area contributed by atoms with E-state index in [-0.39, 0.29) is 11.9 Å². The van der Waals surface area contributed by atoms with E-state index < -0.39 is 11.7 Å². The summed E-state index contributed by atoms with van der Waals surface area (Å²) >= 11 is 6.07. The molecule has 31 heavy (non-hydrogen) atoms. The molecule has 2 fully saturated rings. The van der Waals surface area contributed by atoms with Gasteiger partial charge in [0.1, 0.15) is 0 Å². The Morgan fingerprint density at radius 3 is 2.55 bits per heavy atom. The van der Waals surface area contributed by atoms with E-state index in [9.17, 15) is 15.0 Å². The van der Waals surface area contributed by atoms with Crippen molar-refractivity contribution in [1.29, 1.82) is 0 Å². The zero-order valence-electron chi connectivity index (χ0n) is 17.8. The van der Waals surface area contributed by atoms with Crippen molar-refractivity contribution in [3.8, 4) is 11.1 Å². The Balaban J connectivity index is 1.58. The normalized spacial score (nSPS) is 22.9. The van der Waals surface area contributed by atoms with Crippen LogP contribution in [0, 0.1) is 0 Å². The number of nitrogens with zero attached hydrogens (tertiary/aromatic N) is 1. The molecule has 0 aliphatic heterocycles. The van der Waals surface area contributed by atoms with Crippen molar-refractivity contribution in [1.82, 2.24) is 10.3 Å². The number of aromatic nitrogens is 1. The predicted molar refractivity (Wildman–Crippen MR) is 122 cm³/mol. The van der Waals surface area contributed by atoms with E-state index in [4.69, 9.17) is 11.6 Å². The third-order valence-corrected chi connectivity index (χ3v) is 7.05. The fourth-order valence-electron chi connectivity index (χ4n) is 4.86. The summed E-state index contributed by atoms with van der Waals surface area (Å²) in [5.41, 5.74) is 2.57. The van der Waals surface area contributed by atoms with Crippen LogP contribution < -0.4 is 5.32 Å². The number of nitrogens with one attached hydrogen (secondary N) is 1. The predicted octanol–water partition coefficient (Wildman–Crippen LogP) is 4.67. The second kappa shape index (κ2) is 9.68. The molecule has 1 aromatic heterocycles. The average Bonchev–Trinajstić information content (AvgIpc) is 3.21. The van der Waals surface area contributed by atoms with Gasteiger partial charge in [-0.25, -0.2) is 0 Å². The topological polar surface area (TPSA) is 82.5 Å². The van der Waals surface area contributed by atoms with Crippen LogP contribution in [0.5, 0.6) is 0 Å². The third kappa shape index (κ3) is 5.46. The first-order chi connectivity index (χ1) is 14.9. The lowest BCUT2D eigenvalue weighted by Crippen LogP contribution is -2.45. The number of halogens is 1. The van der Waals surface area contributed by atoms with Crippen molar-refractivity contribution < 1.29 is 15.0 Å². The zero-order chi connectivity index (χ0) is 21.8. The minimum absolute atomic E-state index is 0.212. The molecule has 1 aromatic carbocycles. The van der Waals surface area contributed by atoms with Crippen LogP contribution in [0.2, 0.25) is 5.02 Å². The van der Waals surface area contributed by atoms with E-state index >= 15 is 0 Å². The van der Waals surface area contributed by atoms with Crippen LogP contribution >= 0.6 is 11.6 Å². The molecule has 166 valence electrons. The molecule has 0 radical (unpaired) electrons. The third-order valence-electron chi connectivity index (χ3n) is 6.80. The Kier molecular flexibility index (Phi) is 6.95. The smallest absolute Gasteiger partial charge is 0.253 e. The molecule has 2 aliphatic carbocycles. The first kappa shape index (κ1) is 22.3. The standard InChI is InChI=1S/C25H31ClN2O3/c26-19-9-7-17(8-10-19)20-15-18(24(30)28-22-5-1-2-6-23(22)29)16-27-21(20)11-14-25(31)12-3-4-13-25/h7-10,15-16,22-23,29,31H,1-6,11-14H2,(H,28,30)/t22-,23-/m1/s1. The van der Waals surface area contributed by atoms with Crippen LogP contribution in [-0.4, -0.2) is 38.9 Å². The summed E-state index contributed by atoms with van der Waals surface area (Å²) in [6.45, 7) is 0. The molecule has 2 aliphatic rings. The molecule has 1 heterocycles. The average molecular weight is 443 g/mol. The quantitative estimate of drug-likeness (QED) is 0.607. The van der Waals surface area contributed by atoms with E-state index in [2.05, 4.69) is 10.3 Å². The number of hydrogen-bond acceptors (Lipinski definition) is 4. The highest BCUT2D eigenvalue weighted by Gasteiger charge is 2.31. The van der Waals surface area contributed by atoms with Gasteiger partial charge in [-0.15, -0.1) is 0 Å². The molecule has 2 saturated carbocycles. The number of aryl methyl sites for hydroxylation is 1. The van der Waals surface area contributed by atoms with Crippen LogP contribution in [0.25, 0.3) is 11.1 Å². The van der Waals surface area contributed by atoms with E-state index in [0.29, 0.717) is 23.4 Å². The lowest BCUT2D eigenvalue weighted by molar-refractivity contribution is 0.0389. The van der Waals surface area contributed by atoms with E-state index in [1.807, 2.05) is 30.3 Å². The van der Waals surface area contributed by atoms with Gasteiger partial charge in [-0.3, -0.25) is 9.78 Å². The van der Waals surface area contributed by atoms with Gasteiger partial charge in [0.2, 0.25) is 0 Å². The van der Waals surface area contributed by atoms with Crippen molar-refractivity contribution >= 4 is 17.5 Å². The SMILES string of the molecule is O=C(N[C@@H]1CCCC[C@H]1O)c1cnc(CCC2(O)CCCC2)c(-c2ccc(Cl)cc2)c1. The van der Waals surface area contributed by atoms with Gasteiger partial charge in [0.05, 0.1) is 23.3 Å². The van der Waals surface area contributed by atoms with Crippen molar-refractivity contribution in [2.24, 2.45) is 0 Å². The van der Waals surface area contributed by atoms with Crippen molar-refractivity contribution in [2.75, 3.05) is 0 Å². The summed E-state index contributed by atoms with van der Waals surface area (Å²) in [5.74, 6) is -0.213. The minimum Gasteiger partial charge on any atom is -0.391 e. The Morgan fingerprint density at radius 1 is 1.13 bits per heavy atom. The molecule has 0 bridgehead atoms. The van der Waals surface area contributed by atoms with Gasteiger partial charge < -0.3 is 15.5 Å². The monoisotopic (exact) mass is 442 g/mol. The maximum atomic E-state index is 12.9. The molecule has 0 saturated heterocycles. The summed E-state index contributed by atoms with van der Waals surface area (Å²) in [6, 6.07) is 9.18. The summed E-state index contributed by atoms with van der Waals surface area (Å²) in [6.07, 6.45) is 9.78. The lowest BCUT2D eigenvalue weighted by Gasteiger charge is -2.28. The number of rotatable bonds is 6. The number of hydrogen-bond donors (Lipinski definition) is 3. The maximum absolute atomic E-state index is 12.9. The van der Waals surface area contributed by atoms with Gasteiger partial charge >= 0.3 is 0 Å². The maximum Gasteiger partial charge on any atom is 0.253 e. The van der Waals surface area contributed by atoms with E-state index in [1.54, 1.807) is 6.20 Å². The molecular weight excluding hydrogens is 412 g/mol. The number of aliphatic hydroxyl groups excluding tert-OH is 1. The van der Waals surface area contributed by atoms with Gasteiger partial charge in [0.15, 0.2) is 0 Å². The van der Waals surface area contributed by atoms with Gasteiger partial charge in [0.25, 0.3) is 5.91 Å². The number of carbonyl (C=O) groups is 1. The fourth-order valence-corrected chi connectivity index (χ4v) is 4.99. The number of benzene rings is 1. The summed E-state index contributed by atoms with van der Waals surface area (Å²) in [4.78, 5) is 17.5. The number of carbonyl (C=O) groups excluding carboxylic acids is 1. The first-order valence-electron chi connectivity index (χ1n) is 11.4. The summed E-state index contributed by atoms with van der Waals surface area (Å²) in [7, 11) is 0. The Hall–Kier alpha value is -1.95. The second-order valence-corrected chi connectivity index (χ2v) is 9.52. The Morgan fingerprint density at radius 2 is 1.84 bits per heavy atom. The molecular formula is C25H31ClN2O3. The molecule has 4 rings (SSSR count). The molecule has 6 heteroatoms. The van der Waals surface area contributed by atoms with Crippen LogP contribution in [0.3, 0.4) is 0 Å². The molecule has 1 amide bonds. The van der Waals surface area contributed by atoms with E-state index in [1.165, 1.54) is 0 Å². The second-order valence-electron chi connectivity index (χ2n) is 9.09. The molecule has 0 unspecified atom stereocenters. The van der Waals surface area contributed by atoms with Crippen molar-refractivity contribution in [2.45, 2.75) is 82.0 Å². The Bertz CT molecular complexity index is 909. The van der Waals surface area contributed by atoms with Gasteiger partial charge in [-0.05, 0) is 62.3 Å². The van der Waals surface area contributed by atoms with Gasteiger partial charge in [-0.1, -0.05) is 49.4 Å². The van der Waals surface area contributed by atoms with Crippen LogP contribution in [0.4, 0.5) is 0 Å². The number of amides is 1. The largest absolute Gasteiger partial charge is 0.391 e. The van der Waals surface area contributed by atoms with Crippen LogP contribution in [0.1, 0.15) is 73.8 Å². The van der Waals surface area contributed by atoms with Gasteiger partial charge in [-0.2, -0.15) is 0 Å². The number of aliphatic hydroxyl groups is 2. The molecule has 3 N–H and O–H groups in total. The highest BCUT2D eigenvalue weighted by molar-refractivity contribution is 6.30. The fraction of sp³-hybridized carbons (Fsp3) is 0.520. The van der Waals surface area contributed by atoms with E-state index in [0.717, 1.165) is 68.2 Å². The zero-order valence-corrected chi connectivity index (χ0v) is 18.6. The van der Waals surface area contributed by atoms with Crippen LogP contribution in [0.15, 0.2) is 36.5 Å². The van der Waals surface area contributed by atoms with Gasteiger partial charge in [0, 0.05) is 22.5 Å². The summed E-state index contributed by atoms with van der Waals surface area (Å²) in [5, 5.41) is 24.6. The van der Waals surface area contributed by atoms with Crippen LogP contribution in [-0.2, 0) is 6.42 Å². The highest BCUT2D eigenvalue weighted by atomic mass is 35.5. The first-order valence-corrected chi connectivity index (χ1v) is 11.8. The minimum atomic E-state index is -0.605. The summed E-state index contributed by atoms with van der Waals surface area (Å²) < 4.78 is 0. The molecule has 5 nitrogen and oxygen atoms in total. The molecule has 2 aromatic rings. The molecule has 0 spiro atoms. The highest BCUT2D eigenvalue weighted by Crippen LogP contribution is 2.35. The van der Waals surface area contributed by atoms with Crippen molar-refractivity contribution in [3.63, 3.8) is 0 Å². The lowest BCUT2D eigenvalue weighted by atomic mass is 9.91. The molecule has 2 atom stereocenters. The number of pyridine rings is 1.